The fraction of sp³-hybridized carbons (Fsp3) is 0.467. The second-order valence-electron chi connectivity index (χ2n) is 5.24. The molecule has 1 aromatic carbocycles. The smallest absolute Gasteiger partial charge is 0.242 e. The Morgan fingerprint density at radius 3 is 2.39 bits per heavy atom. The summed E-state index contributed by atoms with van der Waals surface area (Å²) in [5.41, 5.74) is 1.18. The van der Waals surface area contributed by atoms with Crippen molar-refractivity contribution in [1.82, 2.24) is 10.6 Å². The zero-order chi connectivity index (χ0) is 17.6. The fourth-order valence-corrected chi connectivity index (χ4v) is 2.95. The number of carbonyl (C=O) groups excluding carboxylic acids is 2. The molecular weight excluding hydrogens is 318 g/mol. The number of hydrogen-bond donors (Lipinski definition) is 2. The van der Waals surface area contributed by atoms with E-state index < -0.39 is 22.0 Å². The lowest BCUT2D eigenvalue weighted by atomic mass is 10.2. The maximum atomic E-state index is 12.1. The summed E-state index contributed by atoms with van der Waals surface area (Å²) in [6.07, 6.45) is 1.04. The van der Waals surface area contributed by atoms with Gasteiger partial charge in [-0.05, 0) is 32.4 Å². The lowest BCUT2D eigenvalue weighted by Gasteiger charge is -2.24. The first-order chi connectivity index (χ1) is 10.7. The summed E-state index contributed by atoms with van der Waals surface area (Å²) in [6, 6.07) is 6.16. The van der Waals surface area contributed by atoms with Crippen LogP contribution in [0.1, 0.15) is 19.4 Å². The van der Waals surface area contributed by atoms with Crippen molar-refractivity contribution in [3.05, 3.63) is 29.8 Å². The first-order valence-electron chi connectivity index (χ1n) is 7.27. The van der Waals surface area contributed by atoms with Crippen LogP contribution in [0.5, 0.6) is 0 Å². The molecule has 8 heteroatoms. The van der Waals surface area contributed by atoms with E-state index in [-0.39, 0.29) is 12.5 Å². The van der Waals surface area contributed by atoms with Crippen LogP contribution in [0.15, 0.2) is 24.3 Å². The topological polar surface area (TPSA) is 95.6 Å². The van der Waals surface area contributed by atoms with E-state index >= 15 is 0 Å². The Morgan fingerprint density at radius 2 is 1.87 bits per heavy atom. The lowest BCUT2D eigenvalue weighted by Crippen LogP contribution is -2.48. The molecule has 1 rings (SSSR count). The van der Waals surface area contributed by atoms with Crippen molar-refractivity contribution in [2.24, 2.45) is 0 Å². The van der Waals surface area contributed by atoms with Crippen molar-refractivity contribution in [3.63, 3.8) is 0 Å². The van der Waals surface area contributed by atoms with E-state index in [1.54, 1.807) is 45.0 Å². The molecule has 7 nitrogen and oxygen atoms in total. The molecule has 1 atom stereocenters. The highest BCUT2D eigenvalue weighted by Crippen LogP contribution is 2.21. The molecule has 2 amide bonds. The second-order valence-corrected chi connectivity index (χ2v) is 7.15. The van der Waals surface area contributed by atoms with Crippen LogP contribution in [-0.2, 0) is 19.6 Å². The molecule has 128 valence electrons. The average molecular weight is 341 g/mol. The third-order valence-corrected chi connectivity index (χ3v) is 4.32. The molecule has 0 aromatic heterocycles. The zero-order valence-electron chi connectivity index (χ0n) is 13.8. The Morgan fingerprint density at radius 1 is 1.26 bits per heavy atom. The second kappa shape index (κ2) is 7.96. The molecule has 2 N–H and O–H groups in total. The fourth-order valence-electron chi connectivity index (χ4n) is 2.03. The van der Waals surface area contributed by atoms with Gasteiger partial charge < -0.3 is 10.6 Å². The van der Waals surface area contributed by atoms with Gasteiger partial charge in [-0.3, -0.25) is 13.9 Å². The molecule has 0 bridgehead atoms. The highest BCUT2D eigenvalue weighted by Gasteiger charge is 2.23. The molecule has 1 aromatic rings. The first-order valence-corrected chi connectivity index (χ1v) is 9.12. The van der Waals surface area contributed by atoms with Gasteiger partial charge in [0, 0.05) is 6.54 Å². The van der Waals surface area contributed by atoms with Crippen molar-refractivity contribution >= 4 is 27.5 Å². The van der Waals surface area contributed by atoms with Gasteiger partial charge in [0.05, 0.1) is 11.9 Å². The minimum atomic E-state index is -3.63. The third kappa shape index (κ3) is 5.55. The van der Waals surface area contributed by atoms with Gasteiger partial charge in [-0.15, -0.1) is 0 Å². The SMILES string of the molecule is CCNC(=O)[C@H](C)NC(=O)CN(c1ccccc1C)S(C)(=O)=O. The standard InChI is InChI=1S/C15H23N3O4S/c1-5-16-15(20)12(3)17-14(19)10-18(23(4,21)22)13-9-7-6-8-11(13)2/h6-9,12H,5,10H2,1-4H3,(H,16,20)(H,17,19)/t12-/m0/s1. The van der Waals surface area contributed by atoms with Gasteiger partial charge in [0.25, 0.3) is 0 Å². The van der Waals surface area contributed by atoms with Crippen LogP contribution in [0.4, 0.5) is 5.69 Å². The maximum Gasteiger partial charge on any atom is 0.242 e. The van der Waals surface area contributed by atoms with Crippen molar-refractivity contribution in [1.29, 1.82) is 0 Å². The number of rotatable bonds is 7. The lowest BCUT2D eigenvalue weighted by molar-refractivity contribution is -0.127. The monoisotopic (exact) mass is 341 g/mol. The predicted molar refractivity (Wildman–Crippen MR) is 89.7 cm³/mol. The van der Waals surface area contributed by atoms with E-state index in [0.29, 0.717) is 12.2 Å². The number of likely N-dealkylation sites (N-methyl/N-ethyl adjacent to an activating group) is 1. The molecule has 0 unspecified atom stereocenters. The molecule has 0 saturated heterocycles. The van der Waals surface area contributed by atoms with E-state index in [1.165, 1.54) is 0 Å². The number of benzene rings is 1. The minimum Gasteiger partial charge on any atom is -0.355 e. The summed E-state index contributed by atoms with van der Waals surface area (Å²) in [7, 11) is -3.63. The molecule has 0 aliphatic heterocycles. The van der Waals surface area contributed by atoms with Crippen LogP contribution in [0, 0.1) is 6.92 Å². The Labute approximate surface area is 137 Å². The van der Waals surface area contributed by atoms with Gasteiger partial charge in [0.15, 0.2) is 0 Å². The Balaban J connectivity index is 2.90. The Hall–Kier alpha value is -2.09. The Kier molecular flexibility index (Phi) is 6.56. The summed E-state index contributed by atoms with van der Waals surface area (Å²) in [5, 5.41) is 5.09. The molecule has 0 aliphatic carbocycles. The number of amides is 2. The van der Waals surface area contributed by atoms with Gasteiger partial charge in [-0.1, -0.05) is 18.2 Å². The number of aryl methyl sites for hydroxylation is 1. The molecule has 0 saturated carbocycles. The highest BCUT2D eigenvalue weighted by atomic mass is 32.2. The first kappa shape index (κ1) is 19.0. The highest BCUT2D eigenvalue weighted by molar-refractivity contribution is 7.92. The van der Waals surface area contributed by atoms with E-state index in [1.807, 2.05) is 0 Å². The van der Waals surface area contributed by atoms with Crippen LogP contribution < -0.4 is 14.9 Å². The van der Waals surface area contributed by atoms with Crippen LogP contribution in [0.25, 0.3) is 0 Å². The quantitative estimate of drug-likeness (QED) is 0.750. The van der Waals surface area contributed by atoms with Crippen molar-refractivity contribution < 1.29 is 18.0 Å². The van der Waals surface area contributed by atoms with Gasteiger partial charge in [-0.25, -0.2) is 8.42 Å². The van der Waals surface area contributed by atoms with E-state index in [4.69, 9.17) is 0 Å². The van der Waals surface area contributed by atoms with Crippen molar-refractivity contribution in [2.75, 3.05) is 23.7 Å². The number of nitrogens with zero attached hydrogens (tertiary/aromatic N) is 1. The molecule has 0 radical (unpaired) electrons. The normalized spacial score (nSPS) is 12.3. The van der Waals surface area contributed by atoms with E-state index in [2.05, 4.69) is 10.6 Å². The van der Waals surface area contributed by atoms with Crippen molar-refractivity contribution in [2.45, 2.75) is 26.8 Å². The summed E-state index contributed by atoms with van der Waals surface area (Å²) in [5.74, 6) is -0.861. The summed E-state index contributed by atoms with van der Waals surface area (Å²) < 4.78 is 25.0. The van der Waals surface area contributed by atoms with Gasteiger partial charge in [0.2, 0.25) is 21.8 Å². The third-order valence-electron chi connectivity index (χ3n) is 3.19. The molecule has 0 heterocycles. The summed E-state index contributed by atoms with van der Waals surface area (Å²) in [4.78, 5) is 23.7. The largest absolute Gasteiger partial charge is 0.355 e. The van der Waals surface area contributed by atoms with Crippen LogP contribution >= 0.6 is 0 Å². The molecule has 0 spiro atoms. The molecule has 0 fully saturated rings. The van der Waals surface area contributed by atoms with Crippen LogP contribution in [-0.4, -0.2) is 45.6 Å². The Bertz CT molecular complexity index is 673. The van der Waals surface area contributed by atoms with Crippen LogP contribution in [0.2, 0.25) is 0 Å². The average Bonchev–Trinajstić information content (AvgIpc) is 2.44. The summed E-state index contributed by atoms with van der Waals surface area (Å²) in [6.45, 7) is 5.16. The predicted octanol–water partition coefficient (Wildman–Crippen LogP) is 0.402. The van der Waals surface area contributed by atoms with Gasteiger partial charge >= 0.3 is 0 Å². The molecule has 23 heavy (non-hydrogen) atoms. The number of nitrogens with one attached hydrogen (secondary N) is 2. The van der Waals surface area contributed by atoms with E-state index in [9.17, 15) is 18.0 Å². The molecule has 0 aliphatic rings. The maximum absolute atomic E-state index is 12.1. The number of carbonyl (C=O) groups is 2. The van der Waals surface area contributed by atoms with Gasteiger partial charge in [0.1, 0.15) is 12.6 Å². The summed E-state index contributed by atoms with van der Waals surface area (Å²) >= 11 is 0. The molecular formula is C15H23N3O4S. The van der Waals surface area contributed by atoms with Gasteiger partial charge in [-0.2, -0.15) is 0 Å². The van der Waals surface area contributed by atoms with E-state index in [0.717, 1.165) is 16.1 Å². The van der Waals surface area contributed by atoms with Crippen LogP contribution in [0.3, 0.4) is 0 Å². The number of hydrogen-bond acceptors (Lipinski definition) is 4. The number of anilines is 1. The number of sulfonamides is 1. The number of para-hydroxylation sites is 1. The minimum absolute atomic E-state index is 0.317. The van der Waals surface area contributed by atoms with Crippen molar-refractivity contribution in [3.8, 4) is 0 Å². The zero-order valence-corrected chi connectivity index (χ0v) is 14.6.